The highest BCUT2D eigenvalue weighted by atomic mass is 16.6. The molecule has 5 heteroatoms. The Morgan fingerprint density at radius 3 is 0.667 bits per heavy atom. The summed E-state index contributed by atoms with van der Waals surface area (Å²) in [6.07, 6.45) is 126. The normalized spacial score (nSPS) is 13.7. The van der Waals surface area contributed by atoms with E-state index in [-0.39, 0.29) is 25.2 Å². The zero-order valence-electron chi connectivity index (χ0n) is 57.3. The highest BCUT2D eigenvalue weighted by Gasteiger charge is 2.16. The Morgan fingerprint density at radius 1 is 0.256 bits per heavy atom. The molecule has 0 aromatic heterocycles. The summed E-state index contributed by atoms with van der Waals surface area (Å²) in [5.41, 5.74) is 0. The molecule has 0 bridgehead atoms. The lowest BCUT2D eigenvalue weighted by Gasteiger charge is -2.15. The quantitative estimate of drug-likeness (QED) is 0.0373. The number of aliphatic hydroxyl groups is 1. The zero-order chi connectivity index (χ0) is 64.7. The summed E-state index contributed by atoms with van der Waals surface area (Å²) in [4.78, 5) is 24.7. The minimum absolute atomic E-state index is 0.0868. The van der Waals surface area contributed by atoms with Gasteiger partial charge in [-0.3, -0.25) is 9.59 Å². The van der Waals surface area contributed by atoms with Crippen molar-refractivity contribution in [2.24, 2.45) is 0 Å². The average Bonchev–Trinajstić information content (AvgIpc) is 3.59. The molecule has 0 aromatic carbocycles. The van der Waals surface area contributed by atoms with E-state index in [0.29, 0.717) is 12.8 Å². The SMILES string of the molecule is CC/C=C\C/C=C\C/C=C\C/C=C\C/C=C\C/C=C\C/C=C\C/C=C\C/C=C\C/C=C\CCCCCCCCCCC(=O)OC(CO)COC(=O)CCCCCCCCCCC/C=C\C/C=C\C/C=C\C/C=C\C/C=C\C/C=C\C/C=C\C/C=C\C/C=C\CC. The third-order valence-electron chi connectivity index (χ3n) is 14.5. The van der Waals surface area contributed by atoms with Gasteiger partial charge in [0.05, 0.1) is 6.61 Å². The van der Waals surface area contributed by atoms with Crippen molar-refractivity contribution in [1.82, 2.24) is 0 Å². The van der Waals surface area contributed by atoms with Crippen LogP contribution in [0, 0.1) is 0 Å². The fourth-order valence-corrected chi connectivity index (χ4v) is 9.16. The molecule has 5 nitrogen and oxygen atoms in total. The van der Waals surface area contributed by atoms with Crippen LogP contribution in [0.1, 0.15) is 271 Å². The van der Waals surface area contributed by atoms with Crippen molar-refractivity contribution in [2.75, 3.05) is 13.2 Å². The molecular weight excluding hydrogens is 1100 g/mol. The molecule has 0 radical (unpaired) electrons. The van der Waals surface area contributed by atoms with Gasteiger partial charge in [-0.25, -0.2) is 0 Å². The van der Waals surface area contributed by atoms with Crippen LogP contribution >= 0.6 is 0 Å². The van der Waals surface area contributed by atoms with Crippen molar-refractivity contribution in [3.63, 3.8) is 0 Å². The predicted octanol–water partition coefficient (Wildman–Crippen LogP) is 25.6. The number of hydrogen-bond donors (Lipinski definition) is 1. The Morgan fingerprint density at radius 2 is 0.444 bits per heavy atom. The van der Waals surface area contributed by atoms with Gasteiger partial charge in [-0.1, -0.05) is 328 Å². The molecule has 1 unspecified atom stereocenters. The summed E-state index contributed by atoms with van der Waals surface area (Å²) < 4.78 is 10.7. The number of allylic oxidation sites excluding steroid dienone is 38. The number of ether oxygens (including phenoxy) is 2. The monoisotopic (exact) mass is 1230 g/mol. The summed E-state index contributed by atoms with van der Waals surface area (Å²) in [5, 5.41) is 9.71. The van der Waals surface area contributed by atoms with E-state index in [9.17, 15) is 14.7 Å². The van der Waals surface area contributed by atoms with Crippen LogP contribution in [0.4, 0.5) is 0 Å². The first kappa shape index (κ1) is 84.0. The molecule has 0 fully saturated rings. The molecule has 1 N–H and O–H groups in total. The van der Waals surface area contributed by atoms with Gasteiger partial charge in [0.1, 0.15) is 6.61 Å². The predicted molar refractivity (Wildman–Crippen MR) is 398 cm³/mol. The highest BCUT2D eigenvalue weighted by molar-refractivity contribution is 5.70. The van der Waals surface area contributed by atoms with Crippen LogP contribution in [0.15, 0.2) is 231 Å². The zero-order valence-corrected chi connectivity index (χ0v) is 57.3. The fraction of sp³-hybridized carbons (Fsp3) is 0.529. The van der Waals surface area contributed by atoms with E-state index in [0.717, 1.165) is 173 Å². The first-order chi connectivity index (χ1) is 44.6. The number of rotatable bonds is 63. The van der Waals surface area contributed by atoms with Crippen LogP contribution in [-0.4, -0.2) is 36.4 Å². The van der Waals surface area contributed by atoms with Crippen molar-refractivity contribution in [3.8, 4) is 0 Å². The molecular formula is C85H130O5. The van der Waals surface area contributed by atoms with Gasteiger partial charge in [-0.2, -0.15) is 0 Å². The molecule has 0 aliphatic rings. The van der Waals surface area contributed by atoms with Crippen molar-refractivity contribution in [2.45, 2.75) is 277 Å². The third-order valence-corrected chi connectivity index (χ3v) is 14.5. The summed E-state index contributed by atoms with van der Waals surface area (Å²) >= 11 is 0. The highest BCUT2D eigenvalue weighted by Crippen LogP contribution is 2.15. The molecule has 0 aliphatic heterocycles. The first-order valence-corrected chi connectivity index (χ1v) is 35.9. The molecule has 0 aliphatic carbocycles. The summed E-state index contributed by atoms with van der Waals surface area (Å²) in [6, 6.07) is 0. The lowest BCUT2D eigenvalue weighted by Crippen LogP contribution is -2.28. The van der Waals surface area contributed by atoms with E-state index in [1.54, 1.807) is 0 Å². The molecule has 500 valence electrons. The van der Waals surface area contributed by atoms with Gasteiger partial charge in [-0.15, -0.1) is 0 Å². The minimum Gasteiger partial charge on any atom is -0.462 e. The number of esters is 2. The Balaban J connectivity index is 3.63. The third kappa shape index (κ3) is 74.4. The molecule has 0 amide bonds. The number of aliphatic hydroxyl groups excluding tert-OH is 1. The van der Waals surface area contributed by atoms with Crippen LogP contribution in [0.2, 0.25) is 0 Å². The van der Waals surface area contributed by atoms with E-state index in [2.05, 4.69) is 245 Å². The summed E-state index contributed by atoms with van der Waals surface area (Å²) in [6.45, 7) is 3.89. The van der Waals surface area contributed by atoms with Crippen LogP contribution < -0.4 is 0 Å². The van der Waals surface area contributed by atoms with Gasteiger partial charge in [0, 0.05) is 12.8 Å². The second kappa shape index (κ2) is 77.2. The second-order valence-electron chi connectivity index (χ2n) is 22.8. The smallest absolute Gasteiger partial charge is 0.306 e. The van der Waals surface area contributed by atoms with Gasteiger partial charge in [0.2, 0.25) is 0 Å². The van der Waals surface area contributed by atoms with Gasteiger partial charge in [0.25, 0.3) is 0 Å². The van der Waals surface area contributed by atoms with Gasteiger partial charge < -0.3 is 14.6 Å². The summed E-state index contributed by atoms with van der Waals surface area (Å²) in [7, 11) is 0. The lowest BCUT2D eigenvalue weighted by molar-refractivity contribution is -0.161. The Kier molecular flexibility index (Phi) is 72.0. The van der Waals surface area contributed by atoms with Crippen LogP contribution in [-0.2, 0) is 19.1 Å². The molecule has 0 saturated carbocycles. The standard InChI is InChI=1S/C85H130O5/c1-3-5-7-9-11-13-15-17-19-21-23-25-27-29-31-33-35-37-39-41-42-44-46-48-50-52-54-56-58-60-62-64-66-68-70-72-74-76-78-80-85(88)90-83(81-86)82-89-84(87)79-77-75-73-71-69-67-65-63-61-59-57-55-53-51-49-47-45-43-40-38-36-34-32-30-28-26-24-22-20-18-16-14-12-10-8-6-4-2/h5-8,11-14,17-20,23-26,29-32,35-38,41-43,45-46,48-49,51-52,54-55,57-58,60,83,86H,3-4,9-10,15-16,21-22,27-28,33-34,39-40,44,47,50,53,56,59,61-82H2,1-2H3/b7-5-,8-6-,13-11-,14-12-,19-17-,20-18-,25-23-,26-24-,31-29-,32-30-,37-35-,38-36-,42-41-,45-43-,48-46-,51-49-,54-52-,57-55-,60-58-. The average molecular weight is 1230 g/mol. The van der Waals surface area contributed by atoms with Crippen molar-refractivity contribution in [3.05, 3.63) is 231 Å². The minimum atomic E-state index is -0.799. The van der Waals surface area contributed by atoms with Crippen molar-refractivity contribution >= 4 is 11.9 Å². The van der Waals surface area contributed by atoms with E-state index >= 15 is 0 Å². The maximum absolute atomic E-state index is 12.4. The topological polar surface area (TPSA) is 72.8 Å². The van der Waals surface area contributed by atoms with E-state index in [1.165, 1.54) is 70.6 Å². The maximum atomic E-state index is 12.4. The molecule has 0 spiro atoms. The van der Waals surface area contributed by atoms with Gasteiger partial charge in [0.15, 0.2) is 6.10 Å². The fourth-order valence-electron chi connectivity index (χ4n) is 9.16. The maximum Gasteiger partial charge on any atom is 0.306 e. The second-order valence-corrected chi connectivity index (χ2v) is 22.8. The molecule has 0 saturated heterocycles. The summed E-state index contributed by atoms with van der Waals surface area (Å²) in [5.74, 6) is -0.621. The number of unbranched alkanes of at least 4 members (excludes halogenated alkanes) is 17. The molecule has 0 rings (SSSR count). The van der Waals surface area contributed by atoms with Crippen molar-refractivity contribution < 1.29 is 24.2 Å². The van der Waals surface area contributed by atoms with Crippen molar-refractivity contribution in [1.29, 1.82) is 0 Å². The number of carbonyl (C=O) groups is 2. The van der Waals surface area contributed by atoms with Gasteiger partial charge in [-0.05, 0) is 161 Å². The Labute approximate surface area is 554 Å². The van der Waals surface area contributed by atoms with Gasteiger partial charge >= 0.3 is 11.9 Å². The Hall–Kier alpha value is -6.04. The van der Waals surface area contributed by atoms with Crippen LogP contribution in [0.5, 0.6) is 0 Å². The van der Waals surface area contributed by atoms with Crippen LogP contribution in [0.3, 0.4) is 0 Å². The molecule has 90 heavy (non-hydrogen) atoms. The molecule has 1 atom stereocenters. The van der Waals surface area contributed by atoms with E-state index in [4.69, 9.17) is 9.47 Å². The first-order valence-electron chi connectivity index (χ1n) is 35.9. The lowest BCUT2D eigenvalue weighted by atomic mass is 10.1. The van der Waals surface area contributed by atoms with Crippen LogP contribution in [0.25, 0.3) is 0 Å². The largest absolute Gasteiger partial charge is 0.462 e. The van der Waals surface area contributed by atoms with E-state index < -0.39 is 6.10 Å². The number of hydrogen-bond acceptors (Lipinski definition) is 5. The Bertz CT molecular complexity index is 2180. The molecule has 0 heterocycles. The number of carbonyl (C=O) groups excluding carboxylic acids is 2. The molecule has 0 aromatic rings. The van der Waals surface area contributed by atoms with E-state index in [1.807, 2.05) is 0 Å².